The third-order valence-electron chi connectivity index (χ3n) is 5.78. The lowest BCUT2D eigenvalue weighted by atomic mass is 10.0. The summed E-state index contributed by atoms with van der Waals surface area (Å²) in [4.78, 5) is 28.3. The van der Waals surface area contributed by atoms with Gasteiger partial charge >= 0.3 is 6.01 Å². The average Bonchev–Trinajstić information content (AvgIpc) is 2.83. The highest BCUT2D eigenvalue weighted by Gasteiger charge is 2.23. The van der Waals surface area contributed by atoms with Crippen LogP contribution in [-0.4, -0.2) is 52.6 Å². The standard InChI is InChI=1S/C23H22N6O4S/c1-33-23-25-11-17(12-26-23)19-10-15-5-7-24-22(30)20(15)21(28-19)27-18-4-3-16-13-29(34(2,31)32)8-6-14(16)9-18/h3-5,7,9-12H,6,8,13H2,1-2H3,(H,24,30)(H,27,28). The zero-order chi connectivity index (χ0) is 23.9. The Balaban J connectivity index is 1.54. The van der Waals surface area contributed by atoms with E-state index in [9.17, 15) is 13.2 Å². The summed E-state index contributed by atoms with van der Waals surface area (Å²) in [7, 11) is -1.75. The Labute approximate surface area is 195 Å². The Morgan fingerprint density at radius 2 is 1.91 bits per heavy atom. The summed E-state index contributed by atoms with van der Waals surface area (Å²) in [5, 5.41) is 4.43. The van der Waals surface area contributed by atoms with Gasteiger partial charge in [-0.15, -0.1) is 0 Å². The molecule has 0 aliphatic carbocycles. The molecule has 0 radical (unpaired) electrons. The molecule has 0 atom stereocenters. The van der Waals surface area contributed by atoms with Crippen LogP contribution in [0.25, 0.3) is 22.0 Å². The van der Waals surface area contributed by atoms with Crippen molar-refractivity contribution < 1.29 is 13.2 Å². The van der Waals surface area contributed by atoms with E-state index in [2.05, 4.69) is 20.3 Å². The number of hydrogen-bond acceptors (Lipinski definition) is 8. The number of ether oxygens (including phenoxy) is 1. The minimum absolute atomic E-state index is 0.253. The first kappa shape index (κ1) is 22.0. The minimum atomic E-state index is -3.24. The summed E-state index contributed by atoms with van der Waals surface area (Å²) >= 11 is 0. The van der Waals surface area contributed by atoms with Crippen molar-refractivity contribution in [2.45, 2.75) is 13.0 Å². The Morgan fingerprint density at radius 3 is 2.65 bits per heavy atom. The van der Waals surface area contributed by atoms with Crippen LogP contribution in [0, 0.1) is 0 Å². The molecule has 174 valence electrons. The summed E-state index contributed by atoms with van der Waals surface area (Å²) in [6, 6.07) is 9.62. The summed E-state index contributed by atoms with van der Waals surface area (Å²) < 4.78 is 30.3. The smallest absolute Gasteiger partial charge is 0.316 e. The lowest BCUT2D eigenvalue weighted by molar-refractivity contribution is 0.380. The third-order valence-corrected chi connectivity index (χ3v) is 7.03. The topological polar surface area (TPSA) is 130 Å². The molecule has 0 saturated heterocycles. The number of pyridine rings is 2. The minimum Gasteiger partial charge on any atom is -0.467 e. The molecule has 0 spiro atoms. The number of anilines is 2. The van der Waals surface area contributed by atoms with E-state index in [-0.39, 0.29) is 11.6 Å². The first-order chi connectivity index (χ1) is 16.3. The SMILES string of the molecule is COc1ncc(-c2cc3cc[nH]c(=O)c3c(Nc3ccc4c(c3)CCN(S(C)(=O)=O)C4)n2)cn1. The van der Waals surface area contributed by atoms with Crippen molar-refractivity contribution in [3.8, 4) is 17.3 Å². The molecule has 4 aromatic rings. The van der Waals surface area contributed by atoms with Crippen molar-refractivity contribution in [2.24, 2.45) is 0 Å². The van der Waals surface area contributed by atoms with E-state index in [0.717, 1.165) is 16.8 Å². The second-order valence-electron chi connectivity index (χ2n) is 8.04. The van der Waals surface area contributed by atoms with Crippen molar-refractivity contribution >= 4 is 32.3 Å². The fraction of sp³-hybridized carbons (Fsp3) is 0.217. The number of hydrogen-bond donors (Lipinski definition) is 2. The lowest BCUT2D eigenvalue weighted by Crippen LogP contribution is -2.35. The van der Waals surface area contributed by atoms with E-state index in [0.29, 0.717) is 47.4 Å². The maximum atomic E-state index is 12.6. The monoisotopic (exact) mass is 478 g/mol. The molecule has 0 unspecified atom stereocenters. The molecule has 11 heteroatoms. The molecule has 0 amide bonds. The van der Waals surface area contributed by atoms with Gasteiger partial charge in [0.05, 0.1) is 24.4 Å². The normalized spacial score (nSPS) is 14.1. The Kier molecular flexibility index (Phi) is 5.50. The molecule has 0 bridgehead atoms. The van der Waals surface area contributed by atoms with Crippen LogP contribution in [0.5, 0.6) is 6.01 Å². The molecule has 1 aromatic carbocycles. The van der Waals surface area contributed by atoms with Gasteiger partial charge in [0.2, 0.25) is 10.0 Å². The molecule has 10 nitrogen and oxygen atoms in total. The van der Waals surface area contributed by atoms with Crippen molar-refractivity contribution in [1.82, 2.24) is 24.2 Å². The van der Waals surface area contributed by atoms with Crippen molar-refractivity contribution in [2.75, 3.05) is 25.2 Å². The zero-order valence-corrected chi connectivity index (χ0v) is 19.4. The van der Waals surface area contributed by atoms with Gasteiger partial charge in [-0.2, -0.15) is 4.31 Å². The van der Waals surface area contributed by atoms with Crippen LogP contribution in [0.1, 0.15) is 11.1 Å². The Morgan fingerprint density at radius 1 is 1.12 bits per heavy atom. The molecule has 4 heterocycles. The van der Waals surface area contributed by atoms with Crippen LogP contribution in [0.2, 0.25) is 0 Å². The summed E-state index contributed by atoms with van der Waals surface area (Å²) in [5.41, 5.74) is 3.80. The van der Waals surface area contributed by atoms with Gasteiger partial charge in [-0.25, -0.2) is 23.4 Å². The first-order valence-electron chi connectivity index (χ1n) is 10.5. The first-order valence-corrected chi connectivity index (χ1v) is 12.4. The highest BCUT2D eigenvalue weighted by molar-refractivity contribution is 7.88. The predicted molar refractivity (Wildman–Crippen MR) is 129 cm³/mol. The van der Waals surface area contributed by atoms with Crippen LogP contribution < -0.4 is 15.6 Å². The van der Waals surface area contributed by atoms with Gasteiger partial charge in [-0.3, -0.25) is 4.79 Å². The predicted octanol–water partition coefficient (Wildman–Crippen LogP) is 2.45. The van der Waals surface area contributed by atoms with Gasteiger partial charge in [0.15, 0.2) is 0 Å². The summed E-state index contributed by atoms with van der Waals surface area (Å²) in [6.45, 7) is 0.783. The Bertz CT molecular complexity index is 1550. The number of sulfonamides is 1. The number of aromatic nitrogens is 4. The van der Waals surface area contributed by atoms with Gasteiger partial charge in [0.1, 0.15) is 5.82 Å². The molecule has 1 aliphatic heterocycles. The molecular weight excluding hydrogens is 456 g/mol. The fourth-order valence-electron chi connectivity index (χ4n) is 4.03. The number of nitrogens with zero attached hydrogens (tertiary/aromatic N) is 4. The quantitative estimate of drug-likeness (QED) is 0.447. The molecule has 0 fully saturated rings. The van der Waals surface area contributed by atoms with Gasteiger partial charge in [0.25, 0.3) is 5.56 Å². The molecule has 0 saturated carbocycles. The van der Waals surface area contributed by atoms with Crippen LogP contribution in [-0.2, 0) is 23.0 Å². The van der Waals surface area contributed by atoms with Crippen LogP contribution in [0.3, 0.4) is 0 Å². The second-order valence-corrected chi connectivity index (χ2v) is 10.0. The maximum Gasteiger partial charge on any atom is 0.316 e. The number of methoxy groups -OCH3 is 1. The van der Waals surface area contributed by atoms with Crippen molar-refractivity contribution in [1.29, 1.82) is 0 Å². The Hall–Kier alpha value is -3.83. The van der Waals surface area contributed by atoms with Crippen molar-refractivity contribution in [3.05, 3.63) is 70.4 Å². The average molecular weight is 479 g/mol. The molecule has 1 aliphatic rings. The lowest BCUT2D eigenvalue weighted by Gasteiger charge is -2.27. The highest BCUT2D eigenvalue weighted by atomic mass is 32.2. The zero-order valence-electron chi connectivity index (χ0n) is 18.6. The van der Waals surface area contributed by atoms with E-state index >= 15 is 0 Å². The fourth-order valence-corrected chi connectivity index (χ4v) is 4.83. The van der Waals surface area contributed by atoms with E-state index in [1.165, 1.54) is 17.7 Å². The number of aromatic amines is 1. The summed E-state index contributed by atoms with van der Waals surface area (Å²) in [5.74, 6) is 0.402. The van der Waals surface area contributed by atoms with E-state index in [1.54, 1.807) is 18.6 Å². The molecule has 2 N–H and O–H groups in total. The maximum absolute atomic E-state index is 12.6. The van der Waals surface area contributed by atoms with E-state index in [1.807, 2.05) is 30.3 Å². The van der Waals surface area contributed by atoms with Gasteiger partial charge in [-0.05, 0) is 47.2 Å². The van der Waals surface area contributed by atoms with Crippen LogP contribution >= 0.6 is 0 Å². The molecular formula is C23H22N6O4S. The third kappa shape index (κ3) is 4.22. The number of fused-ring (bicyclic) bond motifs is 2. The van der Waals surface area contributed by atoms with Gasteiger partial charge in [-0.1, -0.05) is 6.07 Å². The number of rotatable bonds is 5. The van der Waals surface area contributed by atoms with E-state index in [4.69, 9.17) is 9.72 Å². The second kappa shape index (κ2) is 8.50. The van der Waals surface area contributed by atoms with E-state index < -0.39 is 10.0 Å². The highest BCUT2D eigenvalue weighted by Crippen LogP contribution is 2.30. The largest absolute Gasteiger partial charge is 0.467 e. The number of nitrogens with one attached hydrogen (secondary N) is 2. The summed E-state index contributed by atoms with van der Waals surface area (Å²) in [6.07, 6.45) is 6.65. The van der Waals surface area contributed by atoms with Gasteiger partial charge in [0, 0.05) is 42.9 Å². The molecule has 5 rings (SSSR count). The van der Waals surface area contributed by atoms with Crippen molar-refractivity contribution in [3.63, 3.8) is 0 Å². The molecule has 34 heavy (non-hydrogen) atoms. The van der Waals surface area contributed by atoms with Crippen LogP contribution in [0.4, 0.5) is 11.5 Å². The number of benzene rings is 1. The molecule has 3 aromatic heterocycles. The van der Waals surface area contributed by atoms with Gasteiger partial charge < -0.3 is 15.0 Å². The number of H-pyrrole nitrogens is 1. The van der Waals surface area contributed by atoms with Crippen LogP contribution in [0.15, 0.2) is 53.7 Å².